The lowest BCUT2D eigenvalue weighted by atomic mass is 9.90. The third-order valence-corrected chi connectivity index (χ3v) is 4.40. The van der Waals surface area contributed by atoms with E-state index >= 15 is 0 Å². The molecule has 3 heteroatoms. The third-order valence-electron chi connectivity index (χ3n) is 4.40. The molecule has 1 aliphatic rings. The van der Waals surface area contributed by atoms with Gasteiger partial charge in [-0.25, -0.2) is 0 Å². The zero-order chi connectivity index (χ0) is 15.1. The molecule has 21 heavy (non-hydrogen) atoms. The molecule has 0 aromatic heterocycles. The smallest absolute Gasteiger partial charge is 0.230 e. The lowest BCUT2D eigenvalue weighted by Gasteiger charge is -2.29. The van der Waals surface area contributed by atoms with Gasteiger partial charge < -0.3 is 10.6 Å². The summed E-state index contributed by atoms with van der Waals surface area (Å²) in [5.41, 5.74) is 7.66. The Kier molecular flexibility index (Phi) is 6.09. The van der Waals surface area contributed by atoms with E-state index in [0.29, 0.717) is 5.69 Å². The maximum atomic E-state index is 13.0. The molecule has 1 fully saturated rings. The van der Waals surface area contributed by atoms with E-state index in [1.165, 1.54) is 32.1 Å². The van der Waals surface area contributed by atoms with Crippen LogP contribution in [-0.2, 0) is 4.79 Å². The van der Waals surface area contributed by atoms with Gasteiger partial charge in [0.05, 0.1) is 11.4 Å². The summed E-state index contributed by atoms with van der Waals surface area (Å²) in [6, 6.07) is 7.72. The molecule has 116 valence electrons. The van der Waals surface area contributed by atoms with Crippen molar-refractivity contribution in [3.8, 4) is 0 Å². The number of carbonyl (C=O) groups excluding carboxylic acids is 1. The minimum Gasteiger partial charge on any atom is -0.397 e. The number of rotatable bonds is 4. The fourth-order valence-electron chi connectivity index (χ4n) is 3.23. The van der Waals surface area contributed by atoms with E-state index in [9.17, 15) is 4.79 Å². The highest BCUT2D eigenvalue weighted by atomic mass is 16.2. The van der Waals surface area contributed by atoms with Crippen LogP contribution < -0.4 is 10.6 Å². The summed E-state index contributed by atoms with van der Waals surface area (Å²) in [6.45, 7) is 2.86. The second-order valence-corrected chi connectivity index (χ2v) is 6.09. The van der Waals surface area contributed by atoms with Gasteiger partial charge >= 0.3 is 0 Å². The number of benzene rings is 1. The Morgan fingerprint density at radius 2 is 1.76 bits per heavy atom. The molecule has 1 aromatic rings. The first-order valence-corrected chi connectivity index (χ1v) is 8.40. The van der Waals surface area contributed by atoms with Crippen LogP contribution in [0.5, 0.6) is 0 Å². The Balaban J connectivity index is 2.16. The molecule has 1 amide bonds. The van der Waals surface area contributed by atoms with Gasteiger partial charge in [0.25, 0.3) is 0 Å². The molecule has 1 aromatic carbocycles. The van der Waals surface area contributed by atoms with Crippen molar-refractivity contribution in [3.63, 3.8) is 0 Å². The minimum absolute atomic E-state index is 0.177. The van der Waals surface area contributed by atoms with E-state index in [-0.39, 0.29) is 11.8 Å². The molecule has 0 spiro atoms. The van der Waals surface area contributed by atoms with Crippen LogP contribution in [0.2, 0.25) is 0 Å². The van der Waals surface area contributed by atoms with Crippen LogP contribution in [0.4, 0.5) is 11.4 Å². The van der Waals surface area contributed by atoms with Crippen LogP contribution in [0.1, 0.15) is 58.3 Å². The van der Waals surface area contributed by atoms with Crippen molar-refractivity contribution in [1.82, 2.24) is 0 Å². The standard InChI is InChI=1S/C18H28N2O/c1-2-14-20(17-13-9-8-12-16(17)19)18(21)15-10-6-4-3-5-7-11-15/h8-9,12-13,15H,2-7,10-11,14,19H2,1H3. The van der Waals surface area contributed by atoms with Crippen molar-refractivity contribution >= 4 is 17.3 Å². The summed E-state index contributed by atoms with van der Waals surface area (Å²) in [5, 5.41) is 0. The Hall–Kier alpha value is -1.51. The molecule has 0 heterocycles. The van der Waals surface area contributed by atoms with E-state index in [2.05, 4.69) is 6.92 Å². The van der Waals surface area contributed by atoms with Crippen LogP contribution in [0.3, 0.4) is 0 Å². The monoisotopic (exact) mass is 288 g/mol. The largest absolute Gasteiger partial charge is 0.397 e. The molecule has 0 aliphatic heterocycles. The molecule has 2 rings (SSSR count). The van der Waals surface area contributed by atoms with Crippen LogP contribution in [0.15, 0.2) is 24.3 Å². The zero-order valence-electron chi connectivity index (χ0n) is 13.2. The highest BCUT2D eigenvalue weighted by Gasteiger charge is 2.26. The number of hydrogen-bond acceptors (Lipinski definition) is 2. The van der Waals surface area contributed by atoms with Gasteiger partial charge in [-0.1, -0.05) is 51.2 Å². The molecule has 1 saturated carbocycles. The first kappa shape index (κ1) is 15.9. The van der Waals surface area contributed by atoms with Crippen molar-refractivity contribution < 1.29 is 4.79 Å². The number of hydrogen-bond donors (Lipinski definition) is 1. The molecule has 0 saturated heterocycles. The van der Waals surface area contributed by atoms with E-state index in [0.717, 1.165) is 31.5 Å². The first-order chi connectivity index (χ1) is 10.2. The lowest BCUT2D eigenvalue weighted by Crippen LogP contribution is -2.37. The molecule has 3 nitrogen and oxygen atoms in total. The summed E-state index contributed by atoms with van der Waals surface area (Å²) < 4.78 is 0. The van der Waals surface area contributed by atoms with Crippen LogP contribution in [-0.4, -0.2) is 12.5 Å². The Morgan fingerprint density at radius 1 is 1.14 bits per heavy atom. The van der Waals surface area contributed by atoms with Crippen molar-refractivity contribution in [2.45, 2.75) is 58.3 Å². The van der Waals surface area contributed by atoms with Gasteiger partial charge in [-0.2, -0.15) is 0 Å². The second-order valence-electron chi connectivity index (χ2n) is 6.09. The fourth-order valence-corrected chi connectivity index (χ4v) is 3.23. The lowest BCUT2D eigenvalue weighted by molar-refractivity contribution is -0.123. The normalized spacial score (nSPS) is 17.0. The van der Waals surface area contributed by atoms with E-state index < -0.39 is 0 Å². The highest BCUT2D eigenvalue weighted by molar-refractivity contribution is 5.97. The highest BCUT2D eigenvalue weighted by Crippen LogP contribution is 2.29. The first-order valence-electron chi connectivity index (χ1n) is 8.40. The molecule has 1 aliphatic carbocycles. The Morgan fingerprint density at radius 3 is 2.38 bits per heavy atom. The second kappa shape index (κ2) is 8.06. The van der Waals surface area contributed by atoms with Crippen LogP contribution >= 0.6 is 0 Å². The summed E-state index contributed by atoms with van der Waals surface area (Å²) in [5.74, 6) is 0.452. The SMILES string of the molecule is CCCN(C(=O)C1CCCCCCC1)c1ccccc1N. The fraction of sp³-hybridized carbons (Fsp3) is 0.611. The average Bonchev–Trinajstić information content (AvgIpc) is 2.45. The predicted octanol–water partition coefficient (Wildman–Crippen LogP) is 4.37. The van der Waals surface area contributed by atoms with Gasteiger partial charge in [-0.15, -0.1) is 0 Å². The molecular formula is C18H28N2O. The molecule has 0 bridgehead atoms. The number of nitrogen functional groups attached to an aromatic ring is 1. The number of amides is 1. The predicted molar refractivity (Wildman–Crippen MR) is 89.3 cm³/mol. The molecule has 0 atom stereocenters. The van der Waals surface area contributed by atoms with Crippen molar-refractivity contribution in [1.29, 1.82) is 0 Å². The van der Waals surface area contributed by atoms with Crippen molar-refractivity contribution in [2.24, 2.45) is 5.92 Å². The van der Waals surface area contributed by atoms with E-state index in [1.807, 2.05) is 29.2 Å². The molecular weight excluding hydrogens is 260 g/mol. The maximum Gasteiger partial charge on any atom is 0.230 e. The number of carbonyl (C=O) groups is 1. The Labute approximate surface area is 128 Å². The molecule has 0 unspecified atom stereocenters. The van der Waals surface area contributed by atoms with Gasteiger partial charge in [0.2, 0.25) is 5.91 Å². The number of nitrogens with two attached hydrogens (primary N) is 1. The number of para-hydroxylation sites is 2. The summed E-state index contributed by atoms with van der Waals surface area (Å²) in [6.07, 6.45) is 9.24. The Bertz CT molecular complexity index is 450. The molecule has 2 N–H and O–H groups in total. The van der Waals surface area contributed by atoms with Gasteiger partial charge in [0.1, 0.15) is 0 Å². The average molecular weight is 288 g/mol. The quantitative estimate of drug-likeness (QED) is 0.836. The third kappa shape index (κ3) is 4.23. The van der Waals surface area contributed by atoms with Gasteiger partial charge in [0, 0.05) is 12.5 Å². The summed E-state index contributed by atoms with van der Waals surface area (Å²) in [7, 11) is 0. The topological polar surface area (TPSA) is 46.3 Å². The van der Waals surface area contributed by atoms with Crippen molar-refractivity contribution in [2.75, 3.05) is 17.2 Å². The van der Waals surface area contributed by atoms with E-state index in [1.54, 1.807) is 0 Å². The number of anilines is 2. The molecule has 0 radical (unpaired) electrons. The van der Waals surface area contributed by atoms with E-state index in [4.69, 9.17) is 5.73 Å². The van der Waals surface area contributed by atoms with Crippen molar-refractivity contribution in [3.05, 3.63) is 24.3 Å². The maximum absolute atomic E-state index is 13.0. The van der Waals surface area contributed by atoms with Crippen LogP contribution in [0, 0.1) is 5.92 Å². The van der Waals surface area contributed by atoms with Crippen LogP contribution in [0.25, 0.3) is 0 Å². The van der Waals surface area contributed by atoms with Gasteiger partial charge in [-0.05, 0) is 31.4 Å². The van der Waals surface area contributed by atoms with Gasteiger partial charge in [-0.3, -0.25) is 4.79 Å². The summed E-state index contributed by atoms with van der Waals surface area (Å²) in [4.78, 5) is 14.9. The minimum atomic E-state index is 0.177. The number of nitrogens with zero attached hydrogens (tertiary/aromatic N) is 1. The van der Waals surface area contributed by atoms with Gasteiger partial charge in [0.15, 0.2) is 0 Å². The zero-order valence-corrected chi connectivity index (χ0v) is 13.2. The summed E-state index contributed by atoms with van der Waals surface area (Å²) >= 11 is 0.